The molecule has 0 aromatic heterocycles. The van der Waals surface area contributed by atoms with Crippen LogP contribution in [0.15, 0.2) is 24.3 Å². The summed E-state index contributed by atoms with van der Waals surface area (Å²) >= 11 is 0. The minimum absolute atomic E-state index is 0.0224. The van der Waals surface area contributed by atoms with Crippen LogP contribution in [-0.2, 0) is 0 Å². The van der Waals surface area contributed by atoms with Crippen LogP contribution in [0.1, 0.15) is 36.0 Å². The average Bonchev–Trinajstić information content (AvgIpc) is 2.42. The standard InChI is InChI=1S/C15H24N2O2/c1-17(2)14-9-7-8-13(12-14)15(19)16-10-5-3-4-6-11-18/h7-9,12,18H,3-6,10-11H2,1-2H3,(H,16,19). The van der Waals surface area contributed by atoms with E-state index in [1.165, 1.54) is 0 Å². The Kier molecular flexibility index (Phi) is 6.97. The van der Waals surface area contributed by atoms with Crippen LogP contribution in [0.2, 0.25) is 0 Å². The van der Waals surface area contributed by atoms with E-state index in [1.807, 2.05) is 43.3 Å². The normalized spacial score (nSPS) is 10.3. The number of hydrogen-bond acceptors (Lipinski definition) is 3. The Morgan fingerprint density at radius 3 is 2.63 bits per heavy atom. The Bertz CT molecular complexity index is 391. The molecule has 1 rings (SSSR count). The summed E-state index contributed by atoms with van der Waals surface area (Å²) in [4.78, 5) is 13.9. The topological polar surface area (TPSA) is 52.6 Å². The van der Waals surface area contributed by atoms with Gasteiger partial charge in [-0.1, -0.05) is 18.9 Å². The van der Waals surface area contributed by atoms with Crippen LogP contribution in [0.4, 0.5) is 5.69 Å². The Hall–Kier alpha value is -1.55. The number of unbranched alkanes of at least 4 members (excludes halogenated alkanes) is 3. The number of aliphatic hydroxyl groups is 1. The van der Waals surface area contributed by atoms with Crippen LogP contribution in [-0.4, -0.2) is 38.3 Å². The van der Waals surface area contributed by atoms with Crippen molar-refractivity contribution in [1.29, 1.82) is 0 Å². The van der Waals surface area contributed by atoms with Gasteiger partial charge in [0.15, 0.2) is 0 Å². The van der Waals surface area contributed by atoms with Crippen molar-refractivity contribution in [3.05, 3.63) is 29.8 Å². The van der Waals surface area contributed by atoms with E-state index in [9.17, 15) is 4.79 Å². The summed E-state index contributed by atoms with van der Waals surface area (Å²) in [7, 11) is 3.91. The Labute approximate surface area is 115 Å². The summed E-state index contributed by atoms with van der Waals surface area (Å²) in [6.45, 7) is 0.945. The van der Waals surface area contributed by atoms with Crippen molar-refractivity contribution >= 4 is 11.6 Å². The number of hydrogen-bond donors (Lipinski definition) is 2. The molecule has 2 N–H and O–H groups in total. The van der Waals surface area contributed by atoms with Crippen LogP contribution in [0.5, 0.6) is 0 Å². The fourth-order valence-electron chi connectivity index (χ4n) is 1.82. The van der Waals surface area contributed by atoms with E-state index >= 15 is 0 Å². The molecule has 0 aliphatic heterocycles. The van der Waals surface area contributed by atoms with E-state index in [0.29, 0.717) is 12.1 Å². The van der Waals surface area contributed by atoms with Gasteiger partial charge in [-0.2, -0.15) is 0 Å². The first-order valence-electron chi connectivity index (χ1n) is 6.81. The van der Waals surface area contributed by atoms with Crippen molar-refractivity contribution in [1.82, 2.24) is 5.32 Å². The molecule has 0 aliphatic carbocycles. The summed E-state index contributed by atoms with van der Waals surface area (Å²) in [5.74, 6) is -0.0224. The lowest BCUT2D eigenvalue weighted by Crippen LogP contribution is -2.24. The largest absolute Gasteiger partial charge is 0.396 e. The van der Waals surface area contributed by atoms with E-state index in [4.69, 9.17) is 5.11 Å². The fraction of sp³-hybridized carbons (Fsp3) is 0.533. The zero-order valence-electron chi connectivity index (χ0n) is 11.9. The van der Waals surface area contributed by atoms with E-state index in [1.54, 1.807) is 0 Å². The van der Waals surface area contributed by atoms with Gasteiger partial charge >= 0.3 is 0 Å². The van der Waals surface area contributed by atoms with Crippen LogP contribution >= 0.6 is 0 Å². The Balaban J connectivity index is 2.35. The number of amides is 1. The second-order valence-electron chi connectivity index (χ2n) is 4.84. The van der Waals surface area contributed by atoms with E-state index in [0.717, 1.165) is 31.4 Å². The Morgan fingerprint density at radius 2 is 1.95 bits per heavy atom. The summed E-state index contributed by atoms with van der Waals surface area (Å²) in [5, 5.41) is 11.6. The maximum atomic E-state index is 11.9. The monoisotopic (exact) mass is 264 g/mol. The molecule has 0 spiro atoms. The molecule has 4 nitrogen and oxygen atoms in total. The lowest BCUT2D eigenvalue weighted by Gasteiger charge is -2.13. The van der Waals surface area contributed by atoms with Gasteiger partial charge in [-0.25, -0.2) is 0 Å². The molecule has 0 atom stereocenters. The molecule has 0 bridgehead atoms. The second-order valence-corrected chi connectivity index (χ2v) is 4.84. The molecule has 106 valence electrons. The zero-order chi connectivity index (χ0) is 14.1. The highest BCUT2D eigenvalue weighted by Gasteiger charge is 2.06. The van der Waals surface area contributed by atoms with Gasteiger partial charge < -0.3 is 15.3 Å². The molecule has 0 aliphatic rings. The number of nitrogens with one attached hydrogen (secondary N) is 1. The summed E-state index contributed by atoms with van der Waals surface area (Å²) < 4.78 is 0. The third-order valence-electron chi connectivity index (χ3n) is 3.00. The number of nitrogens with zero attached hydrogens (tertiary/aromatic N) is 1. The molecule has 0 saturated heterocycles. The van der Waals surface area contributed by atoms with Gasteiger partial charge in [0.25, 0.3) is 5.91 Å². The smallest absolute Gasteiger partial charge is 0.251 e. The van der Waals surface area contributed by atoms with Gasteiger partial charge in [0, 0.05) is 38.5 Å². The first-order chi connectivity index (χ1) is 9.15. The van der Waals surface area contributed by atoms with Gasteiger partial charge in [-0.15, -0.1) is 0 Å². The highest BCUT2D eigenvalue weighted by atomic mass is 16.2. The summed E-state index contributed by atoms with van der Waals surface area (Å²) in [6.07, 6.45) is 3.86. The maximum absolute atomic E-state index is 11.9. The molecule has 0 heterocycles. The van der Waals surface area contributed by atoms with Crippen molar-refractivity contribution in [3.8, 4) is 0 Å². The van der Waals surface area contributed by atoms with Gasteiger partial charge in [-0.3, -0.25) is 4.79 Å². The molecular weight excluding hydrogens is 240 g/mol. The minimum Gasteiger partial charge on any atom is -0.396 e. The van der Waals surface area contributed by atoms with Crippen molar-refractivity contribution < 1.29 is 9.90 Å². The summed E-state index contributed by atoms with van der Waals surface area (Å²) in [6, 6.07) is 7.59. The first kappa shape index (κ1) is 15.5. The minimum atomic E-state index is -0.0224. The number of anilines is 1. The molecule has 0 saturated carbocycles. The highest BCUT2D eigenvalue weighted by Crippen LogP contribution is 2.13. The molecule has 0 fully saturated rings. The zero-order valence-corrected chi connectivity index (χ0v) is 11.9. The molecule has 0 radical (unpaired) electrons. The van der Waals surface area contributed by atoms with Crippen LogP contribution in [0.25, 0.3) is 0 Å². The molecule has 19 heavy (non-hydrogen) atoms. The van der Waals surface area contributed by atoms with Crippen LogP contribution < -0.4 is 10.2 Å². The predicted octanol–water partition coefficient (Wildman–Crippen LogP) is 2.04. The number of aliphatic hydroxyl groups excluding tert-OH is 1. The van der Waals surface area contributed by atoms with Gasteiger partial charge in [0.2, 0.25) is 0 Å². The number of benzene rings is 1. The van der Waals surface area contributed by atoms with E-state index in [-0.39, 0.29) is 12.5 Å². The van der Waals surface area contributed by atoms with E-state index in [2.05, 4.69) is 5.32 Å². The summed E-state index contributed by atoms with van der Waals surface area (Å²) in [5.41, 5.74) is 1.72. The molecule has 1 aromatic rings. The van der Waals surface area contributed by atoms with Gasteiger partial charge in [-0.05, 0) is 31.0 Å². The molecule has 1 amide bonds. The third-order valence-corrected chi connectivity index (χ3v) is 3.00. The van der Waals surface area contributed by atoms with Crippen molar-refractivity contribution in [3.63, 3.8) is 0 Å². The van der Waals surface area contributed by atoms with Crippen molar-refractivity contribution in [2.75, 3.05) is 32.1 Å². The van der Waals surface area contributed by atoms with Crippen molar-refractivity contribution in [2.45, 2.75) is 25.7 Å². The van der Waals surface area contributed by atoms with Crippen LogP contribution in [0, 0.1) is 0 Å². The molecule has 4 heteroatoms. The number of rotatable bonds is 8. The van der Waals surface area contributed by atoms with Gasteiger partial charge in [0.1, 0.15) is 0 Å². The third kappa shape index (κ3) is 5.75. The maximum Gasteiger partial charge on any atom is 0.251 e. The van der Waals surface area contributed by atoms with Gasteiger partial charge in [0.05, 0.1) is 0 Å². The lowest BCUT2D eigenvalue weighted by molar-refractivity contribution is 0.0953. The quantitative estimate of drug-likeness (QED) is 0.706. The SMILES string of the molecule is CN(C)c1cccc(C(=O)NCCCCCCO)c1. The molecule has 0 unspecified atom stereocenters. The number of carbonyl (C=O) groups is 1. The second kappa shape index (κ2) is 8.53. The van der Waals surface area contributed by atoms with E-state index < -0.39 is 0 Å². The van der Waals surface area contributed by atoms with Crippen molar-refractivity contribution in [2.24, 2.45) is 0 Å². The highest BCUT2D eigenvalue weighted by molar-refractivity contribution is 5.95. The average molecular weight is 264 g/mol. The molecule has 1 aromatic carbocycles. The number of carbonyl (C=O) groups excluding carboxylic acids is 1. The predicted molar refractivity (Wildman–Crippen MR) is 78.7 cm³/mol. The van der Waals surface area contributed by atoms with Crippen LogP contribution in [0.3, 0.4) is 0 Å². The Morgan fingerprint density at radius 1 is 1.21 bits per heavy atom. The first-order valence-corrected chi connectivity index (χ1v) is 6.81. The lowest BCUT2D eigenvalue weighted by atomic mass is 10.1. The molecular formula is C15H24N2O2. The fourth-order valence-corrected chi connectivity index (χ4v) is 1.82.